The van der Waals surface area contributed by atoms with E-state index in [1.807, 2.05) is 0 Å². The molecular formula is C13H17F3N2O. The lowest BCUT2D eigenvalue weighted by atomic mass is 10.0. The minimum atomic E-state index is -0.881. The Balaban J connectivity index is 2.31. The quantitative estimate of drug-likeness (QED) is 0.907. The highest BCUT2D eigenvalue weighted by atomic mass is 19.1. The molecule has 1 aliphatic heterocycles. The molecule has 0 amide bonds. The maximum Gasteiger partial charge on any atom is 0.134 e. The minimum absolute atomic E-state index is 0.0941. The highest BCUT2D eigenvalue weighted by Gasteiger charge is 2.28. The molecule has 0 unspecified atom stereocenters. The molecule has 1 aromatic carbocycles. The lowest BCUT2D eigenvalue weighted by molar-refractivity contribution is 0.141. The first-order valence-electron chi connectivity index (χ1n) is 6.21. The smallest absolute Gasteiger partial charge is 0.134 e. The number of hydrogen-bond acceptors (Lipinski definition) is 3. The van der Waals surface area contributed by atoms with Crippen molar-refractivity contribution in [1.82, 2.24) is 10.2 Å². The fraction of sp³-hybridized carbons (Fsp3) is 0.538. The topological polar surface area (TPSA) is 24.5 Å². The van der Waals surface area contributed by atoms with E-state index in [1.54, 1.807) is 4.90 Å². The van der Waals surface area contributed by atoms with Gasteiger partial charge < -0.3 is 10.1 Å². The second kappa shape index (κ2) is 6.25. The maximum absolute atomic E-state index is 14.0. The minimum Gasteiger partial charge on any atom is -0.497 e. The van der Waals surface area contributed by atoms with Gasteiger partial charge in [0.1, 0.15) is 24.1 Å². The molecule has 19 heavy (non-hydrogen) atoms. The molecule has 106 valence electrons. The van der Waals surface area contributed by atoms with Crippen LogP contribution < -0.4 is 10.1 Å². The Morgan fingerprint density at radius 1 is 1.26 bits per heavy atom. The van der Waals surface area contributed by atoms with E-state index in [0.29, 0.717) is 26.2 Å². The third-order valence-corrected chi connectivity index (χ3v) is 3.36. The number of alkyl halides is 1. The van der Waals surface area contributed by atoms with Gasteiger partial charge in [-0.05, 0) is 0 Å². The Kier molecular flexibility index (Phi) is 4.66. The third-order valence-electron chi connectivity index (χ3n) is 3.36. The molecule has 0 aliphatic carbocycles. The summed E-state index contributed by atoms with van der Waals surface area (Å²) < 4.78 is 46.0. The van der Waals surface area contributed by atoms with E-state index in [2.05, 4.69) is 5.32 Å². The van der Waals surface area contributed by atoms with E-state index >= 15 is 0 Å². The number of methoxy groups -OCH3 is 1. The highest BCUT2D eigenvalue weighted by Crippen LogP contribution is 2.30. The number of nitrogens with one attached hydrogen (secondary N) is 1. The summed E-state index contributed by atoms with van der Waals surface area (Å²) in [6.45, 7) is 1.70. The van der Waals surface area contributed by atoms with Gasteiger partial charge in [-0.25, -0.2) is 13.2 Å². The summed E-state index contributed by atoms with van der Waals surface area (Å²) in [5.74, 6) is -1.44. The predicted octanol–water partition coefficient (Wildman–Crippen LogP) is 1.89. The van der Waals surface area contributed by atoms with E-state index in [0.717, 1.165) is 12.1 Å². The number of ether oxygens (including phenoxy) is 1. The van der Waals surface area contributed by atoms with Gasteiger partial charge in [0.15, 0.2) is 0 Å². The molecule has 1 saturated heterocycles. The second-order valence-electron chi connectivity index (χ2n) is 4.46. The van der Waals surface area contributed by atoms with Crippen LogP contribution in [0.25, 0.3) is 0 Å². The monoisotopic (exact) mass is 274 g/mol. The van der Waals surface area contributed by atoms with E-state index in [-0.39, 0.29) is 11.3 Å². The Morgan fingerprint density at radius 2 is 1.84 bits per heavy atom. The normalized spacial score (nSPS) is 18.3. The summed E-state index contributed by atoms with van der Waals surface area (Å²) >= 11 is 0. The molecule has 1 heterocycles. The summed E-state index contributed by atoms with van der Waals surface area (Å²) in [5.41, 5.74) is -0.217. The number of hydrogen-bond donors (Lipinski definition) is 1. The molecule has 1 atom stereocenters. The van der Waals surface area contributed by atoms with Crippen molar-refractivity contribution in [3.8, 4) is 5.75 Å². The van der Waals surface area contributed by atoms with Crippen molar-refractivity contribution in [3.05, 3.63) is 29.3 Å². The molecule has 0 radical (unpaired) electrons. The summed E-state index contributed by atoms with van der Waals surface area (Å²) in [7, 11) is 1.33. The average molecular weight is 274 g/mol. The van der Waals surface area contributed by atoms with Gasteiger partial charge in [0.05, 0.1) is 13.2 Å². The number of nitrogens with zero attached hydrogens (tertiary/aromatic N) is 1. The molecule has 3 nitrogen and oxygen atoms in total. The van der Waals surface area contributed by atoms with Crippen molar-refractivity contribution in [3.63, 3.8) is 0 Å². The van der Waals surface area contributed by atoms with Crippen LogP contribution in [0.2, 0.25) is 0 Å². The van der Waals surface area contributed by atoms with E-state index in [4.69, 9.17) is 4.74 Å². The zero-order chi connectivity index (χ0) is 13.8. The first kappa shape index (κ1) is 14.1. The Hall–Kier alpha value is -1.27. The molecule has 0 spiro atoms. The zero-order valence-corrected chi connectivity index (χ0v) is 10.8. The Labute approximate surface area is 110 Å². The SMILES string of the molecule is COc1cc(F)c([C@@H](CF)N2CCNCC2)c(F)c1. The van der Waals surface area contributed by atoms with Gasteiger partial charge in [0.25, 0.3) is 0 Å². The predicted molar refractivity (Wildman–Crippen MR) is 66.1 cm³/mol. The standard InChI is InChI=1S/C13H17F3N2O/c1-19-9-6-10(15)13(11(16)7-9)12(8-14)18-4-2-17-3-5-18/h6-7,12,17H,2-5,8H2,1H3/t12-/m1/s1. The van der Waals surface area contributed by atoms with Crippen molar-refractivity contribution in [2.75, 3.05) is 40.0 Å². The number of halogens is 3. The van der Waals surface area contributed by atoms with Crippen LogP contribution in [0.15, 0.2) is 12.1 Å². The van der Waals surface area contributed by atoms with Gasteiger partial charge in [0, 0.05) is 43.9 Å². The van der Waals surface area contributed by atoms with Crippen LogP contribution in [0.1, 0.15) is 11.6 Å². The fourth-order valence-electron chi connectivity index (χ4n) is 2.35. The fourth-order valence-corrected chi connectivity index (χ4v) is 2.35. The van der Waals surface area contributed by atoms with Crippen LogP contribution in [0.4, 0.5) is 13.2 Å². The summed E-state index contributed by atoms with van der Waals surface area (Å²) in [5, 5.41) is 3.12. The van der Waals surface area contributed by atoms with Gasteiger partial charge in [-0.2, -0.15) is 0 Å². The molecule has 0 saturated carbocycles. The van der Waals surface area contributed by atoms with Crippen molar-refractivity contribution in [2.45, 2.75) is 6.04 Å². The van der Waals surface area contributed by atoms with Crippen LogP contribution in [0, 0.1) is 11.6 Å². The number of piperazine rings is 1. The molecule has 0 bridgehead atoms. The molecule has 1 N–H and O–H groups in total. The van der Waals surface area contributed by atoms with Gasteiger partial charge in [0.2, 0.25) is 0 Å². The van der Waals surface area contributed by atoms with Crippen molar-refractivity contribution >= 4 is 0 Å². The molecule has 6 heteroatoms. The van der Waals surface area contributed by atoms with Crippen LogP contribution in [-0.2, 0) is 0 Å². The van der Waals surface area contributed by atoms with Gasteiger partial charge in [-0.15, -0.1) is 0 Å². The summed E-state index contributed by atoms with van der Waals surface area (Å²) in [6, 6.07) is 1.29. The van der Waals surface area contributed by atoms with Crippen LogP contribution in [0.5, 0.6) is 5.75 Å². The van der Waals surface area contributed by atoms with Crippen LogP contribution in [-0.4, -0.2) is 44.9 Å². The van der Waals surface area contributed by atoms with Crippen molar-refractivity contribution < 1.29 is 17.9 Å². The van der Waals surface area contributed by atoms with Crippen LogP contribution >= 0.6 is 0 Å². The number of benzene rings is 1. The highest BCUT2D eigenvalue weighted by molar-refractivity contribution is 5.32. The van der Waals surface area contributed by atoms with Gasteiger partial charge in [-0.1, -0.05) is 0 Å². The first-order chi connectivity index (χ1) is 9.17. The molecule has 1 fully saturated rings. The van der Waals surface area contributed by atoms with E-state index < -0.39 is 24.4 Å². The van der Waals surface area contributed by atoms with Gasteiger partial charge in [-0.3, -0.25) is 4.90 Å². The lowest BCUT2D eigenvalue weighted by Gasteiger charge is -2.33. The lowest BCUT2D eigenvalue weighted by Crippen LogP contribution is -2.46. The van der Waals surface area contributed by atoms with E-state index in [9.17, 15) is 13.2 Å². The first-order valence-corrected chi connectivity index (χ1v) is 6.21. The molecule has 1 aromatic rings. The van der Waals surface area contributed by atoms with Gasteiger partial charge >= 0.3 is 0 Å². The van der Waals surface area contributed by atoms with Crippen molar-refractivity contribution in [2.24, 2.45) is 0 Å². The molecule has 1 aliphatic rings. The van der Waals surface area contributed by atoms with Crippen molar-refractivity contribution in [1.29, 1.82) is 0 Å². The maximum atomic E-state index is 14.0. The second-order valence-corrected chi connectivity index (χ2v) is 4.46. The largest absolute Gasteiger partial charge is 0.497 e. The van der Waals surface area contributed by atoms with E-state index in [1.165, 1.54) is 7.11 Å². The Morgan fingerprint density at radius 3 is 2.32 bits per heavy atom. The summed E-state index contributed by atoms with van der Waals surface area (Å²) in [6.07, 6.45) is 0. The summed E-state index contributed by atoms with van der Waals surface area (Å²) in [4.78, 5) is 1.75. The Bertz CT molecular complexity index is 413. The van der Waals surface area contributed by atoms with Crippen LogP contribution in [0.3, 0.4) is 0 Å². The molecule has 0 aromatic heterocycles. The average Bonchev–Trinajstić information content (AvgIpc) is 2.43. The number of rotatable bonds is 4. The molecule has 2 rings (SSSR count). The molecular weight excluding hydrogens is 257 g/mol. The zero-order valence-electron chi connectivity index (χ0n) is 10.8. The third kappa shape index (κ3) is 3.01.